The minimum absolute atomic E-state index is 0.0837. The number of anilines is 2. The van der Waals surface area contributed by atoms with Crippen molar-refractivity contribution < 1.29 is 5.11 Å². The fraction of sp³-hybridized carbons (Fsp3) is 0.267. The second-order valence-electron chi connectivity index (χ2n) is 10.1. The van der Waals surface area contributed by atoms with Gasteiger partial charge in [-0.15, -0.1) is 0 Å². The average molecular weight is 450 g/mol. The molecule has 1 aliphatic heterocycles. The summed E-state index contributed by atoms with van der Waals surface area (Å²) in [6, 6.07) is 16.3. The van der Waals surface area contributed by atoms with Gasteiger partial charge in [0, 0.05) is 51.1 Å². The van der Waals surface area contributed by atoms with E-state index in [1.54, 1.807) is 0 Å². The van der Waals surface area contributed by atoms with Crippen molar-refractivity contribution in [2.45, 2.75) is 52.2 Å². The van der Waals surface area contributed by atoms with Crippen LogP contribution in [0.15, 0.2) is 54.7 Å². The lowest BCUT2D eigenvalue weighted by Gasteiger charge is -2.43. The molecule has 0 amide bonds. The van der Waals surface area contributed by atoms with Crippen molar-refractivity contribution >= 4 is 22.3 Å². The predicted octanol–water partition coefficient (Wildman–Crippen LogP) is 6.10. The van der Waals surface area contributed by atoms with E-state index in [0.717, 1.165) is 44.6 Å². The highest BCUT2D eigenvalue weighted by atomic mass is 16.3. The number of hydrogen-bond donors (Lipinski definition) is 4. The van der Waals surface area contributed by atoms with E-state index < -0.39 is 11.6 Å². The van der Waals surface area contributed by atoms with Gasteiger partial charge < -0.3 is 21.1 Å². The molecule has 1 aromatic heterocycles. The van der Waals surface area contributed by atoms with Crippen molar-refractivity contribution in [2.75, 3.05) is 11.1 Å². The van der Waals surface area contributed by atoms with Crippen LogP contribution < -0.4 is 11.1 Å². The zero-order chi connectivity index (χ0) is 24.2. The second-order valence-corrected chi connectivity index (χ2v) is 10.1. The highest BCUT2D eigenvalue weighted by Crippen LogP contribution is 2.46. The van der Waals surface area contributed by atoms with Crippen LogP contribution in [0.2, 0.25) is 0 Å². The molecule has 0 spiro atoms. The fourth-order valence-electron chi connectivity index (χ4n) is 5.26. The van der Waals surface area contributed by atoms with Crippen LogP contribution in [0.5, 0.6) is 0 Å². The standard InChI is InChI=1S/C30H31N3O/c1-17-14-25(24-11-7-10-22-18(2)16-32-28(22)24)23(13-12-20-8-6-9-21(31)15-20)26-19(3)29(34)30(4,5)33-27(17)26/h6-11,14-16,19,29,32-34H,31H2,1-5H3. The van der Waals surface area contributed by atoms with Crippen LogP contribution in [0, 0.1) is 25.7 Å². The van der Waals surface area contributed by atoms with Crippen molar-refractivity contribution in [3.63, 3.8) is 0 Å². The van der Waals surface area contributed by atoms with Crippen LogP contribution in [-0.4, -0.2) is 21.7 Å². The van der Waals surface area contributed by atoms with E-state index >= 15 is 0 Å². The first kappa shape index (κ1) is 22.1. The molecule has 2 unspecified atom stereocenters. The first-order valence-electron chi connectivity index (χ1n) is 11.8. The smallest absolute Gasteiger partial charge is 0.0831 e. The van der Waals surface area contributed by atoms with E-state index in [0.29, 0.717) is 5.69 Å². The van der Waals surface area contributed by atoms with Crippen molar-refractivity contribution in [3.8, 4) is 23.0 Å². The SMILES string of the molecule is Cc1cc(-c2cccc3c(C)c[nH]c23)c(C#Cc2cccc(N)c2)c2c1NC(C)(C)C(O)C2C. The summed E-state index contributed by atoms with van der Waals surface area (Å²) in [5, 5.41) is 16.0. The number of nitrogens with two attached hydrogens (primary N) is 1. The van der Waals surface area contributed by atoms with Crippen LogP contribution in [0.4, 0.5) is 11.4 Å². The summed E-state index contributed by atoms with van der Waals surface area (Å²) in [5.74, 6) is 6.75. The molecule has 0 bridgehead atoms. The Bertz CT molecular complexity index is 1480. The summed E-state index contributed by atoms with van der Waals surface area (Å²) in [7, 11) is 0. The third kappa shape index (κ3) is 3.54. The number of nitrogen functional groups attached to an aromatic ring is 1. The van der Waals surface area contributed by atoms with Gasteiger partial charge in [0.25, 0.3) is 0 Å². The van der Waals surface area contributed by atoms with Gasteiger partial charge in [-0.1, -0.05) is 43.0 Å². The van der Waals surface area contributed by atoms with E-state index in [1.807, 2.05) is 44.3 Å². The second kappa shape index (κ2) is 7.97. The van der Waals surface area contributed by atoms with Crippen molar-refractivity contribution in [1.29, 1.82) is 0 Å². The molecule has 4 nitrogen and oxygen atoms in total. The maximum Gasteiger partial charge on any atom is 0.0831 e. The summed E-state index contributed by atoms with van der Waals surface area (Å²) in [6.07, 6.45) is 1.50. The Balaban J connectivity index is 1.83. The number of para-hydroxylation sites is 1. The first-order valence-corrected chi connectivity index (χ1v) is 11.8. The van der Waals surface area contributed by atoms with Gasteiger partial charge in [-0.25, -0.2) is 0 Å². The van der Waals surface area contributed by atoms with E-state index in [4.69, 9.17) is 5.73 Å². The lowest BCUT2D eigenvalue weighted by molar-refractivity contribution is 0.0868. The summed E-state index contributed by atoms with van der Waals surface area (Å²) < 4.78 is 0. The molecule has 4 heteroatoms. The van der Waals surface area contributed by atoms with Crippen LogP contribution in [0.3, 0.4) is 0 Å². The molecule has 0 radical (unpaired) electrons. The Morgan fingerprint density at radius 2 is 1.74 bits per heavy atom. The molecule has 3 aromatic carbocycles. The molecule has 5 rings (SSSR count). The molecule has 1 aliphatic rings. The first-order chi connectivity index (χ1) is 16.2. The number of aromatic nitrogens is 1. The monoisotopic (exact) mass is 449 g/mol. The predicted molar refractivity (Wildman–Crippen MR) is 142 cm³/mol. The third-order valence-corrected chi connectivity index (χ3v) is 7.11. The Kier molecular flexibility index (Phi) is 5.19. The van der Waals surface area contributed by atoms with Gasteiger partial charge >= 0.3 is 0 Å². The summed E-state index contributed by atoms with van der Waals surface area (Å²) in [6.45, 7) is 10.4. The van der Waals surface area contributed by atoms with E-state index in [9.17, 15) is 5.11 Å². The van der Waals surface area contributed by atoms with Crippen molar-refractivity contribution in [2.24, 2.45) is 0 Å². The number of H-pyrrole nitrogens is 1. The van der Waals surface area contributed by atoms with Crippen molar-refractivity contribution in [1.82, 2.24) is 4.98 Å². The number of nitrogens with one attached hydrogen (secondary N) is 2. The van der Waals surface area contributed by atoms with Gasteiger partial charge in [0.1, 0.15) is 0 Å². The Hall–Kier alpha value is -3.68. The van der Waals surface area contributed by atoms with Gasteiger partial charge in [-0.3, -0.25) is 0 Å². The zero-order valence-electron chi connectivity index (χ0n) is 20.4. The van der Waals surface area contributed by atoms with Crippen LogP contribution >= 0.6 is 0 Å². The molecule has 2 heterocycles. The van der Waals surface area contributed by atoms with Crippen molar-refractivity contribution in [3.05, 3.63) is 82.5 Å². The highest BCUT2D eigenvalue weighted by Gasteiger charge is 2.40. The number of aliphatic hydroxyl groups is 1. The summed E-state index contributed by atoms with van der Waals surface area (Å²) in [5.41, 5.74) is 15.8. The number of hydrogen-bond acceptors (Lipinski definition) is 3. The molecular formula is C30H31N3O. The quantitative estimate of drug-likeness (QED) is 0.209. The minimum Gasteiger partial charge on any atom is -0.399 e. The Morgan fingerprint density at radius 1 is 0.971 bits per heavy atom. The fourth-order valence-corrected chi connectivity index (χ4v) is 5.26. The van der Waals surface area contributed by atoms with E-state index in [1.165, 1.54) is 10.9 Å². The minimum atomic E-state index is -0.550. The number of fused-ring (bicyclic) bond motifs is 2. The number of aliphatic hydroxyl groups excluding tert-OH is 1. The average Bonchev–Trinajstić information content (AvgIpc) is 3.18. The Morgan fingerprint density at radius 3 is 2.50 bits per heavy atom. The molecule has 2 atom stereocenters. The topological polar surface area (TPSA) is 74.1 Å². The van der Waals surface area contributed by atoms with Crippen LogP contribution in [-0.2, 0) is 0 Å². The number of aryl methyl sites for hydroxylation is 2. The normalized spacial score (nSPS) is 18.6. The Labute approximate surface area is 201 Å². The number of rotatable bonds is 1. The molecular weight excluding hydrogens is 418 g/mol. The van der Waals surface area contributed by atoms with Crippen LogP contribution in [0.25, 0.3) is 22.0 Å². The van der Waals surface area contributed by atoms with Gasteiger partial charge in [0.15, 0.2) is 0 Å². The lowest BCUT2D eigenvalue weighted by Crippen LogP contribution is -2.50. The molecule has 0 fully saturated rings. The maximum atomic E-state index is 11.2. The third-order valence-electron chi connectivity index (χ3n) is 7.11. The molecule has 5 N–H and O–H groups in total. The largest absolute Gasteiger partial charge is 0.399 e. The zero-order valence-corrected chi connectivity index (χ0v) is 20.4. The van der Waals surface area contributed by atoms with Gasteiger partial charge in [-0.05, 0) is 68.7 Å². The maximum absolute atomic E-state index is 11.2. The molecule has 0 saturated heterocycles. The van der Waals surface area contributed by atoms with Gasteiger partial charge in [0.05, 0.1) is 17.2 Å². The van der Waals surface area contributed by atoms with E-state index in [-0.39, 0.29) is 5.92 Å². The molecule has 0 aliphatic carbocycles. The summed E-state index contributed by atoms with van der Waals surface area (Å²) >= 11 is 0. The molecule has 0 saturated carbocycles. The summed E-state index contributed by atoms with van der Waals surface area (Å²) in [4.78, 5) is 3.47. The number of aromatic amines is 1. The lowest BCUT2D eigenvalue weighted by atomic mass is 9.75. The molecule has 4 aromatic rings. The molecule has 34 heavy (non-hydrogen) atoms. The van der Waals surface area contributed by atoms with E-state index in [2.05, 4.69) is 67.2 Å². The van der Waals surface area contributed by atoms with Crippen LogP contribution in [0.1, 0.15) is 54.5 Å². The highest BCUT2D eigenvalue weighted by molar-refractivity contribution is 5.98. The number of benzene rings is 3. The van der Waals surface area contributed by atoms with Gasteiger partial charge in [-0.2, -0.15) is 0 Å². The molecule has 172 valence electrons. The van der Waals surface area contributed by atoms with Gasteiger partial charge in [0.2, 0.25) is 0 Å².